The first-order chi connectivity index (χ1) is 7.06. The van der Waals surface area contributed by atoms with Gasteiger partial charge >= 0.3 is 0 Å². The van der Waals surface area contributed by atoms with E-state index in [1.165, 1.54) is 0 Å². The lowest BCUT2D eigenvalue weighted by molar-refractivity contribution is 0.399. The maximum Gasteiger partial charge on any atom is 0.138 e. The maximum absolute atomic E-state index is 4.32. The van der Waals surface area contributed by atoms with Gasteiger partial charge in [-0.3, -0.25) is 0 Å². The topological polar surface area (TPSA) is 42.7 Å². The largest absolute Gasteiger partial charge is 0.316 e. The molecule has 0 bridgehead atoms. The smallest absolute Gasteiger partial charge is 0.138 e. The Labute approximate surface area is 92.1 Å². The van der Waals surface area contributed by atoms with Gasteiger partial charge in [-0.2, -0.15) is 5.10 Å². The standard InChI is InChI=1S/C11H22N4/c1-8(2)10(12-5)6-11-13-7-14-15(11)9(3)4/h7-10,12H,6H2,1-5H3. The SMILES string of the molecule is CNC(Cc1ncnn1C(C)C)C(C)C. The van der Waals surface area contributed by atoms with Crippen molar-refractivity contribution in [1.29, 1.82) is 0 Å². The van der Waals surface area contributed by atoms with E-state index in [1.54, 1.807) is 6.33 Å². The van der Waals surface area contributed by atoms with Crippen LogP contribution >= 0.6 is 0 Å². The first kappa shape index (κ1) is 12.2. The molecule has 1 rings (SSSR count). The van der Waals surface area contributed by atoms with E-state index in [-0.39, 0.29) is 0 Å². The van der Waals surface area contributed by atoms with Crippen LogP contribution in [-0.4, -0.2) is 27.9 Å². The average Bonchev–Trinajstić information content (AvgIpc) is 2.61. The summed E-state index contributed by atoms with van der Waals surface area (Å²) < 4.78 is 1.99. The van der Waals surface area contributed by atoms with Crippen LogP contribution in [0.25, 0.3) is 0 Å². The van der Waals surface area contributed by atoms with Crippen LogP contribution in [0.4, 0.5) is 0 Å². The number of likely N-dealkylation sites (N-methyl/N-ethyl adjacent to an activating group) is 1. The lowest BCUT2D eigenvalue weighted by Gasteiger charge is -2.20. The number of hydrogen-bond donors (Lipinski definition) is 1. The van der Waals surface area contributed by atoms with E-state index in [0.717, 1.165) is 12.2 Å². The van der Waals surface area contributed by atoms with Gasteiger partial charge in [0.2, 0.25) is 0 Å². The van der Waals surface area contributed by atoms with Crippen molar-refractivity contribution in [2.45, 2.75) is 46.2 Å². The predicted molar refractivity (Wildman–Crippen MR) is 61.8 cm³/mol. The molecule has 0 radical (unpaired) electrons. The summed E-state index contributed by atoms with van der Waals surface area (Å²) in [5.41, 5.74) is 0. The lowest BCUT2D eigenvalue weighted by atomic mass is 10.0. The number of aromatic nitrogens is 3. The summed E-state index contributed by atoms with van der Waals surface area (Å²) in [7, 11) is 2.00. The summed E-state index contributed by atoms with van der Waals surface area (Å²) in [6, 6.07) is 0.846. The van der Waals surface area contributed by atoms with Gasteiger partial charge in [-0.05, 0) is 26.8 Å². The molecule has 0 aromatic carbocycles. The summed E-state index contributed by atoms with van der Waals surface area (Å²) in [5.74, 6) is 1.67. The fourth-order valence-electron chi connectivity index (χ4n) is 1.72. The second-order valence-corrected chi connectivity index (χ2v) is 4.56. The van der Waals surface area contributed by atoms with Gasteiger partial charge in [0.25, 0.3) is 0 Å². The van der Waals surface area contributed by atoms with E-state index in [1.807, 2.05) is 11.7 Å². The number of hydrogen-bond acceptors (Lipinski definition) is 3. The minimum atomic E-state index is 0.382. The third-order valence-corrected chi connectivity index (χ3v) is 2.71. The summed E-state index contributed by atoms with van der Waals surface area (Å²) in [5, 5.41) is 7.56. The molecule has 1 aromatic heterocycles. The monoisotopic (exact) mass is 210 g/mol. The maximum atomic E-state index is 4.32. The highest BCUT2D eigenvalue weighted by atomic mass is 15.3. The molecular formula is C11H22N4. The summed E-state index contributed by atoms with van der Waals surface area (Å²) in [6.07, 6.45) is 2.58. The normalized spacial score (nSPS) is 13.8. The van der Waals surface area contributed by atoms with Crippen molar-refractivity contribution in [2.24, 2.45) is 5.92 Å². The molecule has 0 spiro atoms. The van der Waals surface area contributed by atoms with Gasteiger partial charge in [0, 0.05) is 18.5 Å². The van der Waals surface area contributed by atoms with Gasteiger partial charge in [-0.1, -0.05) is 13.8 Å². The predicted octanol–water partition coefficient (Wildman–Crippen LogP) is 1.65. The highest BCUT2D eigenvalue weighted by molar-refractivity contribution is 4.91. The van der Waals surface area contributed by atoms with Gasteiger partial charge in [-0.25, -0.2) is 9.67 Å². The highest BCUT2D eigenvalue weighted by Crippen LogP contribution is 2.11. The molecule has 0 saturated carbocycles. The van der Waals surface area contributed by atoms with Crippen LogP contribution < -0.4 is 5.32 Å². The average molecular weight is 210 g/mol. The Bertz CT molecular complexity index is 291. The molecule has 0 aliphatic heterocycles. The second kappa shape index (κ2) is 5.26. The molecule has 1 atom stereocenters. The third kappa shape index (κ3) is 3.02. The molecule has 0 aliphatic rings. The van der Waals surface area contributed by atoms with Crippen molar-refractivity contribution in [2.75, 3.05) is 7.05 Å². The van der Waals surface area contributed by atoms with Crippen molar-refractivity contribution in [1.82, 2.24) is 20.1 Å². The molecule has 4 nitrogen and oxygen atoms in total. The zero-order valence-electron chi connectivity index (χ0n) is 10.4. The van der Waals surface area contributed by atoms with Crippen LogP contribution in [0.2, 0.25) is 0 Å². The molecule has 1 aromatic rings. The number of nitrogens with zero attached hydrogens (tertiary/aromatic N) is 3. The molecule has 1 heterocycles. The molecular weight excluding hydrogens is 188 g/mol. The van der Waals surface area contributed by atoms with E-state index in [9.17, 15) is 0 Å². The van der Waals surface area contributed by atoms with Crippen molar-refractivity contribution >= 4 is 0 Å². The van der Waals surface area contributed by atoms with Crippen LogP contribution in [-0.2, 0) is 6.42 Å². The number of rotatable bonds is 5. The Kier molecular flexibility index (Phi) is 4.27. The Morgan fingerprint density at radius 1 is 1.33 bits per heavy atom. The van der Waals surface area contributed by atoms with E-state index in [4.69, 9.17) is 0 Å². The van der Waals surface area contributed by atoms with Gasteiger partial charge in [0.05, 0.1) is 0 Å². The molecule has 0 saturated heterocycles. The zero-order valence-corrected chi connectivity index (χ0v) is 10.4. The first-order valence-corrected chi connectivity index (χ1v) is 5.62. The molecule has 0 fully saturated rings. The van der Waals surface area contributed by atoms with Crippen LogP contribution in [0.1, 0.15) is 39.6 Å². The lowest BCUT2D eigenvalue weighted by Crippen LogP contribution is -2.34. The minimum Gasteiger partial charge on any atom is -0.316 e. The van der Waals surface area contributed by atoms with Gasteiger partial charge in [0.15, 0.2) is 0 Å². The van der Waals surface area contributed by atoms with Crippen LogP contribution in [0.5, 0.6) is 0 Å². The van der Waals surface area contributed by atoms with Crippen LogP contribution in [0.3, 0.4) is 0 Å². The van der Waals surface area contributed by atoms with Gasteiger partial charge in [-0.15, -0.1) is 0 Å². The third-order valence-electron chi connectivity index (χ3n) is 2.71. The van der Waals surface area contributed by atoms with Crippen molar-refractivity contribution in [3.63, 3.8) is 0 Å². The first-order valence-electron chi connectivity index (χ1n) is 5.62. The summed E-state index contributed by atoms with van der Waals surface area (Å²) in [6.45, 7) is 8.69. The molecule has 0 aliphatic carbocycles. The van der Waals surface area contributed by atoms with Gasteiger partial charge in [0.1, 0.15) is 12.2 Å². The van der Waals surface area contributed by atoms with Crippen LogP contribution in [0.15, 0.2) is 6.33 Å². The summed E-state index contributed by atoms with van der Waals surface area (Å²) >= 11 is 0. The Hall–Kier alpha value is -0.900. The van der Waals surface area contributed by atoms with Crippen molar-refractivity contribution in [3.05, 3.63) is 12.2 Å². The fourth-order valence-corrected chi connectivity index (χ4v) is 1.72. The second-order valence-electron chi connectivity index (χ2n) is 4.56. The van der Waals surface area contributed by atoms with Crippen molar-refractivity contribution in [3.8, 4) is 0 Å². The Morgan fingerprint density at radius 2 is 2.00 bits per heavy atom. The molecule has 0 amide bonds. The quantitative estimate of drug-likeness (QED) is 0.803. The molecule has 1 unspecified atom stereocenters. The van der Waals surface area contributed by atoms with Crippen LogP contribution in [0, 0.1) is 5.92 Å². The highest BCUT2D eigenvalue weighted by Gasteiger charge is 2.16. The fraction of sp³-hybridized carbons (Fsp3) is 0.818. The summed E-state index contributed by atoms with van der Waals surface area (Å²) in [4.78, 5) is 4.32. The minimum absolute atomic E-state index is 0.382. The zero-order chi connectivity index (χ0) is 11.4. The Morgan fingerprint density at radius 3 is 2.47 bits per heavy atom. The Balaban J connectivity index is 2.74. The van der Waals surface area contributed by atoms with E-state index < -0.39 is 0 Å². The molecule has 1 N–H and O–H groups in total. The molecule has 4 heteroatoms. The number of nitrogens with one attached hydrogen (secondary N) is 1. The molecule has 86 valence electrons. The van der Waals surface area contributed by atoms with Gasteiger partial charge < -0.3 is 5.32 Å². The van der Waals surface area contributed by atoms with E-state index >= 15 is 0 Å². The van der Waals surface area contributed by atoms with E-state index in [0.29, 0.717) is 18.0 Å². The van der Waals surface area contributed by atoms with E-state index in [2.05, 4.69) is 43.1 Å². The van der Waals surface area contributed by atoms with Crippen molar-refractivity contribution < 1.29 is 0 Å². The molecule has 15 heavy (non-hydrogen) atoms.